The predicted octanol–water partition coefficient (Wildman–Crippen LogP) is -2.33. The summed E-state index contributed by atoms with van der Waals surface area (Å²) in [5.41, 5.74) is 10.4. The molecular formula is C11H20N4O5. The number of carboxylic acid groups (broad SMARTS) is 1. The van der Waals surface area contributed by atoms with Crippen LogP contribution >= 0.6 is 0 Å². The molecule has 0 rings (SSSR count). The Labute approximate surface area is 116 Å². The Morgan fingerprint density at radius 2 is 1.65 bits per heavy atom. The van der Waals surface area contributed by atoms with Gasteiger partial charge in [0.1, 0.15) is 12.1 Å². The van der Waals surface area contributed by atoms with E-state index in [4.69, 9.17) is 16.6 Å². The Morgan fingerprint density at radius 1 is 1.10 bits per heavy atom. The van der Waals surface area contributed by atoms with Crippen molar-refractivity contribution in [3.63, 3.8) is 0 Å². The zero-order valence-electron chi connectivity index (χ0n) is 11.4. The second kappa shape index (κ2) is 8.10. The third-order valence-corrected chi connectivity index (χ3v) is 2.48. The monoisotopic (exact) mass is 288 g/mol. The van der Waals surface area contributed by atoms with E-state index in [0.717, 1.165) is 0 Å². The van der Waals surface area contributed by atoms with Gasteiger partial charge in [-0.25, -0.2) is 0 Å². The first-order valence-electron chi connectivity index (χ1n) is 6.02. The summed E-state index contributed by atoms with van der Waals surface area (Å²) in [5, 5.41) is 13.2. The number of carboxylic acids is 1. The van der Waals surface area contributed by atoms with Gasteiger partial charge in [0.15, 0.2) is 0 Å². The maximum absolute atomic E-state index is 11.9. The summed E-state index contributed by atoms with van der Waals surface area (Å²) >= 11 is 0. The number of primary amides is 1. The van der Waals surface area contributed by atoms with Crippen molar-refractivity contribution in [2.24, 2.45) is 11.5 Å². The largest absolute Gasteiger partial charge is 0.481 e. The quantitative estimate of drug-likeness (QED) is 0.336. The highest BCUT2D eigenvalue weighted by Crippen LogP contribution is 2.00. The SMILES string of the molecule is C[C@H](N)C(=O)N[C@@H](CCC(=O)O)C(=O)N[C@@H](C)C(N)=O. The van der Waals surface area contributed by atoms with Gasteiger partial charge < -0.3 is 27.2 Å². The molecule has 0 saturated carbocycles. The van der Waals surface area contributed by atoms with E-state index in [9.17, 15) is 19.2 Å². The van der Waals surface area contributed by atoms with Gasteiger partial charge in [0, 0.05) is 6.42 Å². The van der Waals surface area contributed by atoms with E-state index < -0.39 is 41.8 Å². The summed E-state index contributed by atoms with van der Waals surface area (Å²) in [4.78, 5) is 44.7. The number of nitrogens with one attached hydrogen (secondary N) is 2. The first-order valence-corrected chi connectivity index (χ1v) is 6.02. The maximum atomic E-state index is 11.9. The number of hydrogen-bond acceptors (Lipinski definition) is 5. The molecule has 9 nitrogen and oxygen atoms in total. The highest BCUT2D eigenvalue weighted by Gasteiger charge is 2.25. The van der Waals surface area contributed by atoms with Gasteiger partial charge in [-0.1, -0.05) is 0 Å². The third kappa shape index (κ3) is 6.69. The molecule has 0 aliphatic carbocycles. The minimum absolute atomic E-state index is 0.120. The molecule has 3 amide bonds. The lowest BCUT2D eigenvalue weighted by Crippen LogP contribution is -2.54. The summed E-state index contributed by atoms with van der Waals surface area (Å²) in [5.74, 6) is -3.14. The molecule has 0 aliphatic rings. The lowest BCUT2D eigenvalue weighted by molar-refractivity contribution is -0.138. The minimum Gasteiger partial charge on any atom is -0.481 e. The zero-order chi connectivity index (χ0) is 15.9. The summed E-state index contributed by atoms with van der Waals surface area (Å²) in [6, 6.07) is -2.86. The Balaban J connectivity index is 4.73. The molecule has 9 heteroatoms. The second-order valence-electron chi connectivity index (χ2n) is 4.41. The molecule has 0 aromatic carbocycles. The average Bonchev–Trinajstić information content (AvgIpc) is 2.33. The van der Waals surface area contributed by atoms with E-state index >= 15 is 0 Å². The molecule has 0 fully saturated rings. The van der Waals surface area contributed by atoms with Crippen LogP contribution in [0.15, 0.2) is 0 Å². The van der Waals surface area contributed by atoms with Crippen molar-refractivity contribution < 1.29 is 24.3 Å². The van der Waals surface area contributed by atoms with Gasteiger partial charge in [0.2, 0.25) is 17.7 Å². The van der Waals surface area contributed by atoms with Gasteiger partial charge in [-0.3, -0.25) is 19.2 Å². The maximum Gasteiger partial charge on any atom is 0.303 e. The molecular weight excluding hydrogens is 268 g/mol. The van der Waals surface area contributed by atoms with Crippen LogP contribution < -0.4 is 22.1 Å². The molecule has 0 unspecified atom stereocenters. The van der Waals surface area contributed by atoms with Gasteiger partial charge >= 0.3 is 5.97 Å². The van der Waals surface area contributed by atoms with E-state index in [1.54, 1.807) is 0 Å². The second-order valence-corrected chi connectivity index (χ2v) is 4.41. The van der Waals surface area contributed by atoms with Crippen LogP contribution in [0.1, 0.15) is 26.7 Å². The Hall–Kier alpha value is -2.16. The molecule has 0 saturated heterocycles. The molecule has 0 aliphatic heterocycles. The summed E-state index contributed by atoms with van der Waals surface area (Å²) in [6.07, 6.45) is -0.437. The van der Waals surface area contributed by atoms with E-state index in [-0.39, 0.29) is 12.8 Å². The Kier molecular flexibility index (Phi) is 7.22. The molecule has 114 valence electrons. The smallest absolute Gasteiger partial charge is 0.303 e. The fourth-order valence-corrected chi connectivity index (χ4v) is 1.22. The Bertz CT molecular complexity index is 396. The highest BCUT2D eigenvalue weighted by molar-refractivity contribution is 5.92. The van der Waals surface area contributed by atoms with Crippen LogP contribution in [-0.2, 0) is 19.2 Å². The Morgan fingerprint density at radius 3 is 2.05 bits per heavy atom. The molecule has 20 heavy (non-hydrogen) atoms. The molecule has 0 spiro atoms. The lowest BCUT2D eigenvalue weighted by Gasteiger charge is -2.20. The number of carbonyl (C=O) groups is 4. The van der Waals surface area contributed by atoms with Crippen LogP contribution in [0.25, 0.3) is 0 Å². The number of carbonyl (C=O) groups excluding carboxylic acids is 3. The number of amides is 3. The van der Waals surface area contributed by atoms with Crippen LogP contribution in [0.5, 0.6) is 0 Å². The zero-order valence-corrected chi connectivity index (χ0v) is 11.4. The molecule has 0 bridgehead atoms. The van der Waals surface area contributed by atoms with Crippen molar-refractivity contribution in [3.8, 4) is 0 Å². The van der Waals surface area contributed by atoms with Crippen molar-refractivity contribution >= 4 is 23.7 Å². The van der Waals surface area contributed by atoms with Crippen LogP contribution in [0.3, 0.4) is 0 Å². The number of aliphatic carboxylic acids is 1. The minimum atomic E-state index is -1.11. The van der Waals surface area contributed by atoms with Crippen LogP contribution in [0, 0.1) is 0 Å². The first kappa shape index (κ1) is 17.8. The molecule has 3 atom stereocenters. The third-order valence-electron chi connectivity index (χ3n) is 2.48. The van der Waals surface area contributed by atoms with Gasteiger partial charge in [0.25, 0.3) is 0 Å². The van der Waals surface area contributed by atoms with Crippen LogP contribution in [0.4, 0.5) is 0 Å². The standard InChI is InChI=1S/C11H20N4O5/c1-5(12)10(19)15-7(3-4-8(16)17)11(20)14-6(2)9(13)18/h5-7H,3-4,12H2,1-2H3,(H2,13,18)(H,14,20)(H,15,19)(H,16,17)/t5-,6-,7-/m0/s1. The van der Waals surface area contributed by atoms with Gasteiger partial charge in [-0.15, -0.1) is 0 Å². The summed E-state index contributed by atoms with van der Waals surface area (Å²) in [6.45, 7) is 2.80. The molecule has 0 heterocycles. The van der Waals surface area contributed by atoms with Gasteiger partial charge in [-0.05, 0) is 20.3 Å². The van der Waals surface area contributed by atoms with Crippen molar-refractivity contribution in [2.75, 3.05) is 0 Å². The van der Waals surface area contributed by atoms with E-state index in [1.165, 1.54) is 13.8 Å². The fourth-order valence-electron chi connectivity index (χ4n) is 1.22. The highest BCUT2D eigenvalue weighted by atomic mass is 16.4. The topological polar surface area (TPSA) is 165 Å². The first-order chi connectivity index (χ1) is 9.15. The van der Waals surface area contributed by atoms with Crippen molar-refractivity contribution in [1.82, 2.24) is 10.6 Å². The van der Waals surface area contributed by atoms with Crippen molar-refractivity contribution in [1.29, 1.82) is 0 Å². The van der Waals surface area contributed by atoms with Crippen LogP contribution in [0.2, 0.25) is 0 Å². The number of hydrogen-bond donors (Lipinski definition) is 5. The predicted molar refractivity (Wildman–Crippen MR) is 69.2 cm³/mol. The van der Waals surface area contributed by atoms with Crippen LogP contribution in [-0.4, -0.2) is 46.9 Å². The van der Waals surface area contributed by atoms with Crippen molar-refractivity contribution in [3.05, 3.63) is 0 Å². The van der Waals surface area contributed by atoms with E-state index in [1.807, 2.05) is 0 Å². The molecule has 0 aromatic heterocycles. The molecule has 0 radical (unpaired) electrons. The number of nitrogens with two attached hydrogens (primary N) is 2. The summed E-state index contributed by atoms with van der Waals surface area (Å²) < 4.78 is 0. The number of rotatable bonds is 8. The van der Waals surface area contributed by atoms with E-state index in [0.29, 0.717) is 0 Å². The molecule has 0 aromatic rings. The van der Waals surface area contributed by atoms with Crippen molar-refractivity contribution in [2.45, 2.75) is 44.8 Å². The molecule has 7 N–H and O–H groups in total. The normalized spacial score (nSPS) is 14.8. The fraction of sp³-hybridized carbons (Fsp3) is 0.636. The van der Waals surface area contributed by atoms with Gasteiger partial charge in [0.05, 0.1) is 6.04 Å². The average molecular weight is 288 g/mol. The van der Waals surface area contributed by atoms with Gasteiger partial charge in [-0.2, -0.15) is 0 Å². The summed E-state index contributed by atoms with van der Waals surface area (Å²) in [7, 11) is 0. The lowest BCUT2D eigenvalue weighted by atomic mass is 10.1. The van der Waals surface area contributed by atoms with E-state index in [2.05, 4.69) is 10.6 Å².